The molecule has 5 nitrogen and oxygen atoms in total. The highest BCUT2D eigenvalue weighted by Crippen LogP contribution is 2.26. The Bertz CT molecular complexity index is 885. The highest BCUT2D eigenvalue weighted by atomic mass is 35.5. The van der Waals surface area contributed by atoms with E-state index in [1.165, 1.54) is 11.8 Å². The van der Waals surface area contributed by atoms with Gasteiger partial charge < -0.3 is 10.6 Å². The van der Waals surface area contributed by atoms with Crippen LogP contribution in [-0.2, 0) is 9.59 Å². The number of hydrogen-bond donors (Lipinski definition) is 2. The number of aliphatic imine (C=N–C) groups is 1. The summed E-state index contributed by atoms with van der Waals surface area (Å²) in [6.07, 6.45) is 0.0433. The van der Waals surface area contributed by atoms with Crippen LogP contribution in [0.15, 0.2) is 47.5 Å². The van der Waals surface area contributed by atoms with E-state index in [0.717, 1.165) is 5.56 Å². The highest BCUT2D eigenvalue weighted by molar-refractivity contribution is 8.15. The number of benzene rings is 2. The number of nitrogens with one attached hydrogen (secondary N) is 2. The molecule has 2 amide bonds. The number of amides is 2. The molecule has 0 unspecified atom stereocenters. The Balaban J connectivity index is 1.61. The molecule has 0 spiro atoms. The van der Waals surface area contributed by atoms with Gasteiger partial charge in [-0.25, -0.2) is 4.99 Å². The topological polar surface area (TPSA) is 70.6 Å². The summed E-state index contributed by atoms with van der Waals surface area (Å²) in [6, 6.07) is 12.2. The van der Waals surface area contributed by atoms with Crippen LogP contribution in [-0.4, -0.2) is 22.2 Å². The number of aryl methyl sites for hydroxylation is 1. The first kappa shape index (κ1) is 18.8. The zero-order valence-electron chi connectivity index (χ0n) is 13.8. The van der Waals surface area contributed by atoms with Crippen molar-refractivity contribution in [2.45, 2.75) is 18.6 Å². The Morgan fingerprint density at radius 1 is 1.23 bits per heavy atom. The van der Waals surface area contributed by atoms with Crippen molar-refractivity contribution in [2.24, 2.45) is 4.99 Å². The van der Waals surface area contributed by atoms with Gasteiger partial charge in [0.2, 0.25) is 11.8 Å². The molecule has 134 valence electrons. The van der Waals surface area contributed by atoms with Crippen molar-refractivity contribution in [3.8, 4) is 0 Å². The van der Waals surface area contributed by atoms with Crippen molar-refractivity contribution >= 4 is 63.3 Å². The molecule has 0 bridgehead atoms. The summed E-state index contributed by atoms with van der Waals surface area (Å²) in [5.41, 5.74) is 2.21. The van der Waals surface area contributed by atoms with Crippen molar-refractivity contribution < 1.29 is 9.59 Å². The van der Waals surface area contributed by atoms with E-state index < -0.39 is 5.25 Å². The molecule has 8 heteroatoms. The Kier molecular flexibility index (Phi) is 5.86. The van der Waals surface area contributed by atoms with E-state index in [1.807, 2.05) is 13.0 Å². The lowest BCUT2D eigenvalue weighted by Crippen LogP contribution is -2.28. The fourth-order valence-electron chi connectivity index (χ4n) is 2.28. The normalized spacial score (nSPS) is 18.0. The van der Waals surface area contributed by atoms with Gasteiger partial charge in [-0.2, -0.15) is 0 Å². The standard InChI is InChI=1S/C18H15Cl2N3O2S/c1-10-2-5-13(8-14(10)20)21-16(24)9-15-17(25)23-18(26-15)22-12-6-3-11(19)4-7-12/h2-8,15H,9H2,1H3,(H,21,24)(H,22,23,25)/t15-/m0/s1. The van der Waals surface area contributed by atoms with E-state index in [0.29, 0.717) is 26.6 Å². The zero-order chi connectivity index (χ0) is 18.7. The van der Waals surface area contributed by atoms with E-state index in [9.17, 15) is 9.59 Å². The van der Waals surface area contributed by atoms with Gasteiger partial charge in [0.1, 0.15) is 5.25 Å². The van der Waals surface area contributed by atoms with Crippen LogP contribution in [0.5, 0.6) is 0 Å². The highest BCUT2D eigenvalue weighted by Gasteiger charge is 2.32. The second-order valence-electron chi connectivity index (χ2n) is 5.71. The number of thioether (sulfide) groups is 1. The molecule has 1 fully saturated rings. The molecular formula is C18H15Cl2N3O2S. The first-order valence-corrected chi connectivity index (χ1v) is 9.42. The second-order valence-corrected chi connectivity index (χ2v) is 7.74. The minimum Gasteiger partial charge on any atom is -0.326 e. The van der Waals surface area contributed by atoms with Crippen LogP contribution < -0.4 is 10.6 Å². The van der Waals surface area contributed by atoms with E-state index >= 15 is 0 Å². The fraction of sp³-hybridized carbons (Fsp3) is 0.167. The van der Waals surface area contributed by atoms with Crippen molar-refractivity contribution in [1.82, 2.24) is 5.32 Å². The Labute approximate surface area is 165 Å². The maximum atomic E-state index is 12.2. The van der Waals surface area contributed by atoms with Crippen molar-refractivity contribution in [1.29, 1.82) is 0 Å². The van der Waals surface area contributed by atoms with Crippen LogP contribution in [0.4, 0.5) is 11.4 Å². The molecule has 0 saturated carbocycles. The summed E-state index contributed by atoms with van der Waals surface area (Å²) >= 11 is 13.1. The van der Waals surface area contributed by atoms with Gasteiger partial charge in [0, 0.05) is 22.2 Å². The van der Waals surface area contributed by atoms with Crippen molar-refractivity contribution in [2.75, 3.05) is 5.32 Å². The Hall–Kier alpha value is -2.02. The summed E-state index contributed by atoms with van der Waals surface area (Å²) in [7, 11) is 0. The number of nitrogens with zero attached hydrogens (tertiary/aromatic N) is 1. The molecule has 0 aromatic heterocycles. The summed E-state index contributed by atoms with van der Waals surface area (Å²) in [6.45, 7) is 1.88. The average Bonchev–Trinajstić information content (AvgIpc) is 2.92. The smallest absolute Gasteiger partial charge is 0.240 e. The van der Waals surface area contributed by atoms with Gasteiger partial charge in [0.15, 0.2) is 5.17 Å². The quantitative estimate of drug-likeness (QED) is 0.780. The third-order valence-electron chi connectivity index (χ3n) is 3.66. The van der Waals surface area contributed by atoms with Gasteiger partial charge in [-0.05, 0) is 48.9 Å². The maximum Gasteiger partial charge on any atom is 0.240 e. The number of anilines is 1. The number of carbonyl (C=O) groups is 2. The summed E-state index contributed by atoms with van der Waals surface area (Å²) in [5.74, 6) is -0.495. The number of carbonyl (C=O) groups excluding carboxylic acids is 2. The lowest BCUT2D eigenvalue weighted by atomic mass is 10.2. The summed E-state index contributed by atoms with van der Waals surface area (Å²) in [5, 5.41) is 6.58. The molecule has 1 aliphatic heterocycles. The molecule has 1 aliphatic rings. The van der Waals surface area contributed by atoms with Crippen LogP contribution in [0.2, 0.25) is 10.0 Å². The Morgan fingerprint density at radius 2 is 1.96 bits per heavy atom. The minimum atomic E-state index is -0.526. The van der Waals surface area contributed by atoms with Gasteiger partial charge >= 0.3 is 0 Å². The predicted octanol–water partition coefficient (Wildman–Crippen LogP) is 4.55. The maximum absolute atomic E-state index is 12.2. The molecule has 1 atom stereocenters. The molecule has 0 aliphatic carbocycles. The molecule has 2 N–H and O–H groups in total. The third-order valence-corrected chi connectivity index (χ3v) is 5.40. The first-order chi connectivity index (χ1) is 12.4. The molecular weight excluding hydrogens is 393 g/mol. The van der Waals surface area contributed by atoms with Crippen LogP contribution in [0.25, 0.3) is 0 Å². The first-order valence-electron chi connectivity index (χ1n) is 7.78. The minimum absolute atomic E-state index is 0.0433. The predicted molar refractivity (Wildman–Crippen MR) is 108 cm³/mol. The molecule has 26 heavy (non-hydrogen) atoms. The summed E-state index contributed by atoms with van der Waals surface area (Å²) < 4.78 is 0. The van der Waals surface area contributed by atoms with Crippen LogP contribution in [0.1, 0.15) is 12.0 Å². The van der Waals surface area contributed by atoms with Crippen LogP contribution >= 0.6 is 35.0 Å². The van der Waals surface area contributed by atoms with Gasteiger partial charge in [0.05, 0.1) is 5.69 Å². The largest absolute Gasteiger partial charge is 0.326 e. The van der Waals surface area contributed by atoms with E-state index in [2.05, 4.69) is 15.6 Å². The lowest BCUT2D eigenvalue weighted by Gasteiger charge is -2.08. The zero-order valence-corrected chi connectivity index (χ0v) is 16.1. The molecule has 0 radical (unpaired) electrons. The number of hydrogen-bond acceptors (Lipinski definition) is 4. The molecule has 3 rings (SSSR count). The van der Waals surface area contributed by atoms with Gasteiger partial charge in [-0.3, -0.25) is 9.59 Å². The third kappa shape index (κ3) is 4.78. The van der Waals surface area contributed by atoms with Crippen LogP contribution in [0.3, 0.4) is 0 Å². The molecule has 2 aromatic rings. The van der Waals surface area contributed by atoms with E-state index in [4.69, 9.17) is 23.2 Å². The SMILES string of the molecule is Cc1ccc(NC(=O)C[C@@H]2SC(=Nc3ccc(Cl)cc3)NC2=O)cc1Cl. The van der Waals surface area contributed by atoms with Crippen molar-refractivity contribution in [3.05, 3.63) is 58.1 Å². The van der Waals surface area contributed by atoms with E-state index in [-0.39, 0.29) is 18.2 Å². The monoisotopic (exact) mass is 407 g/mol. The number of rotatable bonds is 4. The number of amidine groups is 1. The van der Waals surface area contributed by atoms with Gasteiger partial charge in [-0.15, -0.1) is 0 Å². The van der Waals surface area contributed by atoms with Crippen LogP contribution in [0, 0.1) is 6.92 Å². The second kappa shape index (κ2) is 8.12. The fourth-order valence-corrected chi connectivity index (χ4v) is 3.57. The molecule has 1 heterocycles. The van der Waals surface area contributed by atoms with Gasteiger partial charge in [-0.1, -0.05) is 41.0 Å². The van der Waals surface area contributed by atoms with Crippen molar-refractivity contribution in [3.63, 3.8) is 0 Å². The Morgan fingerprint density at radius 3 is 2.65 bits per heavy atom. The lowest BCUT2D eigenvalue weighted by molar-refractivity contribution is -0.122. The van der Waals surface area contributed by atoms with Gasteiger partial charge in [0.25, 0.3) is 0 Å². The summed E-state index contributed by atoms with van der Waals surface area (Å²) in [4.78, 5) is 28.6. The molecule has 1 saturated heterocycles. The van der Waals surface area contributed by atoms with E-state index in [1.54, 1.807) is 36.4 Å². The average molecular weight is 408 g/mol. The molecule has 2 aromatic carbocycles. The number of halogens is 2.